The summed E-state index contributed by atoms with van der Waals surface area (Å²) in [6, 6.07) is 2.55. The summed E-state index contributed by atoms with van der Waals surface area (Å²) < 4.78 is 4.85. The van der Waals surface area contributed by atoms with E-state index >= 15 is 0 Å². The van der Waals surface area contributed by atoms with E-state index in [1.54, 1.807) is 0 Å². The monoisotopic (exact) mass is 255 g/mol. The first-order chi connectivity index (χ1) is 8.54. The topological polar surface area (TPSA) is 99.8 Å². The fourth-order valence-corrected chi connectivity index (χ4v) is 1.41. The molecule has 1 heterocycles. The molecule has 0 bridgehead atoms. The zero-order valence-corrected chi connectivity index (χ0v) is 10.2. The first kappa shape index (κ1) is 14.2. The van der Waals surface area contributed by atoms with Gasteiger partial charge in [0.2, 0.25) is 5.76 Å². The lowest BCUT2D eigenvalue weighted by molar-refractivity contribution is 0.0659. The number of aromatic carboxylic acids is 1. The number of furan rings is 1. The predicted molar refractivity (Wildman–Crippen MR) is 63.5 cm³/mol. The van der Waals surface area contributed by atoms with Crippen molar-refractivity contribution in [2.75, 3.05) is 6.54 Å². The lowest BCUT2D eigenvalue weighted by Crippen LogP contribution is -2.24. The summed E-state index contributed by atoms with van der Waals surface area (Å²) in [6.45, 7) is 2.30. The first-order valence-electron chi connectivity index (χ1n) is 5.84. The number of amides is 1. The van der Waals surface area contributed by atoms with Gasteiger partial charge < -0.3 is 19.9 Å². The highest BCUT2D eigenvalue weighted by atomic mass is 16.4. The summed E-state index contributed by atoms with van der Waals surface area (Å²) >= 11 is 0. The third kappa shape index (κ3) is 4.21. The number of carbonyl (C=O) groups excluding carboxylic acids is 1. The van der Waals surface area contributed by atoms with Gasteiger partial charge in [-0.25, -0.2) is 4.79 Å². The summed E-state index contributed by atoms with van der Waals surface area (Å²) in [5, 5.41) is 20.5. The molecule has 0 saturated carbocycles. The molecule has 0 aliphatic carbocycles. The van der Waals surface area contributed by atoms with Crippen LogP contribution in [0.15, 0.2) is 16.5 Å². The van der Waals surface area contributed by atoms with Crippen molar-refractivity contribution in [2.45, 2.75) is 32.3 Å². The molecule has 1 unspecified atom stereocenters. The van der Waals surface area contributed by atoms with Crippen LogP contribution in [0.4, 0.5) is 0 Å². The minimum atomic E-state index is -1.21. The minimum Gasteiger partial charge on any atom is -0.475 e. The van der Waals surface area contributed by atoms with Crippen molar-refractivity contribution in [3.63, 3.8) is 0 Å². The molecular weight excluding hydrogens is 238 g/mol. The molecule has 18 heavy (non-hydrogen) atoms. The van der Waals surface area contributed by atoms with Crippen LogP contribution < -0.4 is 5.32 Å². The third-order valence-corrected chi connectivity index (χ3v) is 2.51. The van der Waals surface area contributed by atoms with Crippen molar-refractivity contribution < 1.29 is 24.2 Å². The Labute approximate surface area is 105 Å². The number of carboxylic acids is 1. The Morgan fingerprint density at radius 3 is 2.61 bits per heavy atom. The van der Waals surface area contributed by atoms with E-state index < -0.39 is 11.9 Å². The highest BCUT2D eigenvalue weighted by Gasteiger charge is 2.14. The van der Waals surface area contributed by atoms with Crippen molar-refractivity contribution >= 4 is 11.9 Å². The van der Waals surface area contributed by atoms with Crippen LogP contribution in [0.2, 0.25) is 0 Å². The van der Waals surface area contributed by atoms with E-state index in [1.165, 1.54) is 12.1 Å². The number of aliphatic hydroxyl groups excluding tert-OH is 1. The lowest BCUT2D eigenvalue weighted by atomic mass is 10.1. The number of rotatable bonds is 7. The molecule has 0 aromatic carbocycles. The zero-order valence-electron chi connectivity index (χ0n) is 10.2. The molecule has 0 saturated heterocycles. The Morgan fingerprint density at radius 2 is 2.06 bits per heavy atom. The maximum absolute atomic E-state index is 11.5. The van der Waals surface area contributed by atoms with Crippen molar-refractivity contribution in [3.05, 3.63) is 23.7 Å². The molecule has 1 atom stereocenters. The summed E-state index contributed by atoms with van der Waals surface area (Å²) in [7, 11) is 0. The third-order valence-electron chi connectivity index (χ3n) is 2.51. The van der Waals surface area contributed by atoms with E-state index in [4.69, 9.17) is 9.52 Å². The molecule has 0 fully saturated rings. The molecule has 1 amide bonds. The number of carbonyl (C=O) groups is 2. The van der Waals surface area contributed by atoms with E-state index in [1.807, 2.05) is 6.92 Å². The van der Waals surface area contributed by atoms with Crippen LogP contribution in [-0.2, 0) is 0 Å². The van der Waals surface area contributed by atoms with Crippen molar-refractivity contribution in [1.82, 2.24) is 5.32 Å². The minimum absolute atomic E-state index is 0.0246. The second-order valence-corrected chi connectivity index (χ2v) is 3.93. The van der Waals surface area contributed by atoms with Gasteiger partial charge in [0.1, 0.15) is 0 Å². The maximum atomic E-state index is 11.5. The highest BCUT2D eigenvalue weighted by molar-refractivity contribution is 5.93. The van der Waals surface area contributed by atoms with Gasteiger partial charge in [0.25, 0.3) is 5.91 Å². The van der Waals surface area contributed by atoms with E-state index in [0.717, 1.165) is 0 Å². The molecule has 1 aromatic rings. The van der Waals surface area contributed by atoms with E-state index in [9.17, 15) is 14.7 Å². The van der Waals surface area contributed by atoms with E-state index in [2.05, 4.69) is 5.32 Å². The summed E-state index contributed by atoms with van der Waals surface area (Å²) in [4.78, 5) is 22.1. The molecule has 3 N–H and O–H groups in total. The number of carboxylic acid groups (broad SMARTS) is 1. The summed E-state index contributed by atoms with van der Waals surface area (Å²) in [6.07, 6.45) is 1.63. The molecule has 0 aliphatic heterocycles. The fraction of sp³-hybridized carbons (Fsp3) is 0.500. The van der Waals surface area contributed by atoms with Gasteiger partial charge >= 0.3 is 5.97 Å². The van der Waals surface area contributed by atoms with Gasteiger partial charge in [-0.15, -0.1) is 0 Å². The Balaban J connectivity index is 2.34. The lowest BCUT2D eigenvalue weighted by Gasteiger charge is -2.07. The van der Waals surface area contributed by atoms with Crippen molar-refractivity contribution in [1.29, 1.82) is 0 Å². The van der Waals surface area contributed by atoms with Crippen molar-refractivity contribution in [3.8, 4) is 0 Å². The summed E-state index contributed by atoms with van der Waals surface area (Å²) in [5.41, 5.74) is 0. The Bertz CT molecular complexity index is 412. The molecule has 0 aliphatic rings. The molecule has 6 heteroatoms. The standard InChI is InChI=1S/C12H17NO5/c1-2-8(14)4-3-7-13-11(15)9-5-6-10(18-9)12(16)17/h5-6,8,14H,2-4,7H2,1H3,(H,13,15)(H,16,17). The second-order valence-electron chi connectivity index (χ2n) is 3.93. The van der Waals surface area contributed by atoms with Crippen LogP contribution in [0.25, 0.3) is 0 Å². The molecular formula is C12H17NO5. The average molecular weight is 255 g/mol. The predicted octanol–water partition coefficient (Wildman–Crippen LogP) is 1.26. The average Bonchev–Trinajstić information content (AvgIpc) is 2.83. The van der Waals surface area contributed by atoms with Gasteiger partial charge in [0.05, 0.1) is 6.10 Å². The van der Waals surface area contributed by atoms with Gasteiger partial charge in [0, 0.05) is 6.54 Å². The Kier molecular flexibility index (Phi) is 5.38. The molecule has 1 aromatic heterocycles. The smallest absolute Gasteiger partial charge is 0.371 e. The largest absolute Gasteiger partial charge is 0.475 e. The quantitative estimate of drug-likeness (QED) is 0.637. The van der Waals surface area contributed by atoms with Gasteiger partial charge in [-0.05, 0) is 31.4 Å². The molecule has 0 spiro atoms. The van der Waals surface area contributed by atoms with E-state index in [-0.39, 0.29) is 17.6 Å². The number of nitrogens with one attached hydrogen (secondary N) is 1. The van der Waals surface area contributed by atoms with Gasteiger partial charge in [0.15, 0.2) is 5.76 Å². The van der Waals surface area contributed by atoms with Gasteiger partial charge in [-0.1, -0.05) is 6.92 Å². The summed E-state index contributed by atoms with van der Waals surface area (Å²) in [5.74, 6) is -1.95. The van der Waals surface area contributed by atoms with Crippen LogP contribution in [0.1, 0.15) is 47.3 Å². The Morgan fingerprint density at radius 1 is 1.39 bits per heavy atom. The van der Waals surface area contributed by atoms with Crippen LogP contribution >= 0.6 is 0 Å². The maximum Gasteiger partial charge on any atom is 0.371 e. The van der Waals surface area contributed by atoms with Crippen LogP contribution in [-0.4, -0.2) is 34.7 Å². The fourth-order valence-electron chi connectivity index (χ4n) is 1.41. The first-order valence-corrected chi connectivity index (χ1v) is 5.84. The molecule has 6 nitrogen and oxygen atoms in total. The SMILES string of the molecule is CCC(O)CCCNC(=O)c1ccc(C(=O)O)o1. The number of hydrogen-bond donors (Lipinski definition) is 3. The highest BCUT2D eigenvalue weighted by Crippen LogP contribution is 2.07. The normalized spacial score (nSPS) is 12.1. The molecule has 0 radical (unpaired) electrons. The number of aliphatic hydroxyl groups is 1. The molecule has 100 valence electrons. The van der Waals surface area contributed by atoms with Gasteiger partial charge in [-0.2, -0.15) is 0 Å². The Hall–Kier alpha value is -1.82. The molecule has 1 rings (SSSR count). The van der Waals surface area contributed by atoms with Crippen LogP contribution in [0.3, 0.4) is 0 Å². The van der Waals surface area contributed by atoms with Gasteiger partial charge in [-0.3, -0.25) is 4.79 Å². The zero-order chi connectivity index (χ0) is 13.5. The van der Waals surface area contributed by atoms with Crippen LogP contribution in [0, 0.1) is 0 Å². The van der Waals surface area contributed by atoms with Crippen LogP contribution in [0.5, 0.6) is 0 Å². The van der Waals surface area contributed by atoms with E-state index in [0.29, 0.717) is 25.8 Å². The second kappa shape index (κ2) is 6.80. The van der Waals surface area contributed by atoms with Crippen molar-refractivity contribution in [2.24, 2.45) is 0 Å². The number of hydrogen-bond acceptors (Lipinski definition) is 4.